The third kappa shape index (κ3) is 5.00. The Hall–Kier alpha value is -3.16. The molecule has 0 saturated heterocycles. The summed E-state index contributed by atoms with van der Waals surface area (Å²) in [4.78, 5) is 13.6. The summed E-state index contributed by atoms with van der Waals surface area (Å²) < 4.78 is 13.5. The van der Waals surface area contributed by atoms with Crippen molar-refractivity contribution in [1.29, 1.82) is 5.26 Å². The average molecular weight is 475 g/mol. The van der Waals surface area contributed by atoms with Crippen molar-refractivity contribution in [2.24, 2.45) is 0 Å². The normalized spacial score (nSPS) is 16.4. The highest BCUT2D eigenvalue weighted by Crippen LogP contribution is 2.42. The molecule has 0 radical (unpaired) electrons. The molecule has 1 saturated carbocycles. The fourth-order valence-corrected chi connectivity index (χ4v) is 5.31. The topological polar surface area (TPSA) is 52.9 Å². The predicted molar refractivity (Wildman–Crippen MR) is 133 cm³/mol. The second kappa shape index (κ2) is 10.4. The van der Waals surface area contributed by atoms with Gasteiger partial charge in [-0.2, -0.15) is 5.26 Å². The van der Waals surface area contributed by atoms with E-state index in [0.717, 1.165) is 42.4 Å². The Morgan fingerprint density at radius 1 is 1.06 bits per heavy atom. The van der Waals surface area contributed by atoms with Crippen LogP contribution in [0.5, 0.6) is 0 Å². The highest BCUT2D eigenvalue weighted by atomic mass is 35.5. The number of nitrogens with zero attached hydrogens (tertiary/aromatic N) is 1. The van der Waals surface area contributed by atoms with E-state index in [-0.39, 0.29) is 23.6 Å². The van der Waals surface area contributed by atoms with E-state index in [1.54, 1.807) is 18.2 Å². The molecule has 1 N–H and O–H groups in total. The number of hydrogen-bond acceptors (Lipinski definition) is 2. The van der Waals surface area contributed by atoms with Crippen LogP contribution in [0.15, 0.2) is 72.8 Å². The zero-order valence-corrected chi connectivity index (χ0v) is 20.0. The molecule has 0 aromatic heterocycles. The Morgan fingerprint density at radius 2 is 1.74 bits per heavy atom. The number of rotatable bonds is 7. The van der Waals surface area contributed by atoms with Gasteiger partial charge in [-0.05, 0) is 71.8 Å². The van der Waals surface area contributed by atoms with Crippen molar-refractivity contribution < 1.29 is 9.18 Å². The molecule has 174 valence electrons. The van der Waals surface area contributed by atoms with Crippen molar-refractivity contribution in [3.63, 3.8) is 0 Å². The summed E-state index contributed by atoms with van der Waals surface area (Å²) in [5.74, 6) is -0.269. The third-order valence-electron chi connectivity index (χ3n) is 7.21. The van der Waals surface area contributed by atoms with Crippen molar-refractivity contribution in [2.45, 2.75) is 49.9 Å². The largest absolute Gasteiger partial charge is 0.355 e. The van der Waals surface area contributed by atoms with Crippen LogP contribution < -0.4 is 5.32 Å². The van der Waals surface area contributed by atoms with Crippen LogP contribution in [0, 0.1) is 17.1 Å². The van der Waals surface area contributed by atoms with Crippen LogP contribution in [-0.4, -0.2) is 12.5 Å². The van der Waals surface area contributed by atoms with Gasteiger partial charge in [0.05, 0.1) is 17.0 Å². The van der Waals surface area contributed by atoms with Crippen LogP contribution >= 0.6 is 11.6 Å². The lowest BCUT2D eigenvalue weighted by atomic mass is 9.77. The summed E-state index contributed by atoms with van der Waals surface area (Å²) in [6, 6.07) is 23.9. The quantitative estimate of drug-likeness (QED) is 0.406. The smallest absolute Gasteiger partial charge is 0.230 e. The molecule has 0 bridgehead atoms. The van der Waals surface area contributed by atoms with Crippen molar-refractivity contribution in [2.75, 3.05) is 6.54 Å². The van der Waals surface area contributed by atoms with Gasteiger partial charge in [-0.25, -0.2) is 4.39 Å². The van der Waals surface area contributed by atoms with E-state index in [1.807, 2.05) is 42.5 Å². The molecular formula is C29H28ClFN2O. The average Bonchev–Trinajstić information content (AvgIpc) is 3.36. The number of benzene rings is 3. The van der Waals surface area contributed by atoms with E-state index in [0.29, 0.717) is 17.1 Å². The Balaban J connectivity index is 1.62. The lowest BCUT2D eigenvalue weighted by Crippen LogP contribution is -2.44. The van der Waals surface area contributed by atoms with Gasteiger partial charge in [0.15, 0.2) is 0 Å². The molecule has 3 aromatic rings. The maximum Gasteiger partial charge on any atom is 0.230 e. The fraction of sp³-hybridized carbons (Fsp3) is 0.310. The number of carbonyl (C=O) groups is 1. The van der Waals surface area contributed by atoms with E-state index in [9.17, 15) is 14.4 Å². The minimum absolute atomic E-state index is 0.0126. The maximum absolute atomic E-state index is 13.6. The zero-order valence-electron chi connectivity index (χ0n) is 19.2. The van der Waals surface area contributed by atoms with Crippen molar-refractivity contribution in [1.82, 2.24) is 5.32 Å². The molecule has 0 aliphatic heterocycles. The van der Waals surface area contributed by atoms with E-state index < -0.39 is 5.41 Å². The number of amides is 1. The van der Waals surface area contributed by atoms with E-state index in [2.05, 4.69) is 18.3 Å². The summed E-state index contributed by atoms with van der Waals surface area (Å²) in [7, 11) is 0. The first-order valence-corrected chi connectivity index (χ1v) is 12.1. The zero-order chi connectivity index (χ0) is 24.1. The lowest BCUT2D eigenvalue weighted by molar-refractivity contribution is -0.126. The molecule has 1 aliphatic carbocycles. The van der Waals surface area contributed by atoms with E-state index in [4.69, 9.17) is 11.6 Å². The van der Waals surface area contributed by atoms with Gasteiger partial charge in [-0.3, -0.25) is 4.79 Å². The highest BCUT2D eigenvalue weighted by Gasteiger charge is 2.42. The van der Waals surface area contributed by atoms with E-state index >= 15 is 0 Å². The summed E-state index contributed by atoms with van der Waals surface area (Å²) >= 11 is 6.09. The van der Waals surface area contributed by atoms with Crippen molar-refractivity contribution in [3.05, 3.63) is 106 Å². The molecule has 3 aromatic carbocycles. The molecule has 34 heavy (non-hydrogen) atoms. The number of hydrogen-bond donors (Lipinski definition) is 1. The van der Waals surface area contributed by atoms with Crippen LogP contribution in [0.3, 0.4) is 0 Å². The maximum atomic E-state index is 13.6. The van der Waals surface area contributed by atoms with Crippen LogP contribution in [-0.2, 0) is 10.2 Å². The summed E-state index contributed by atoms with van der Waals surface area (Å²) in [6.45, 7) is 2.56. The first kappa shape index (κ1) is 24.0. The summed E-state index contributed by atoms with van der Waals surface area (Å²) in [6.07, 6.45) is 3.46. The monoisotopic (exact) mass is 474 g/mol. The number of carbonyl (C=O) groups excluding carboxylic acids is 1. The number of nitriles is 1. The first-order chi connectivity index (χ1) is 16.4. The van der Waals surface area contributed by atoms with Crippen LogP contribution in [0.25, 0.3) is 0 Å². The van der Waals surface area contributed by atoms with Gasteiger partial charge in [0.25, 0.3) is 0 Å². The first-order valence-electron chi connectivity index (χ1n) is 11.7. The Bertz CT molecular complexity index is 1180. The van der Waals surface area contributed by atoms with Gasteiger partial charge in [0.2, 0.25) is 5.91 Å². The molecule has 1 fully saturated rings. The Kier molecular flexibility index (Phi) is 7.34. The third-order valence-corrected chi connectivity index (χ3v) is 7.47. The lowest BCUT2D eigenvalue weighted by Gasteiger charge is -2.31. The van der Waals surface area contributed by atoms with Gasteiger partial charge in [0, 0.05) is 17.5 Å². The van der Waals surface area contributed by atoms with Crippen LogP contribution in [0.4, 0.5) is 4.39 Å². The second-order valence-corrected chi connectivity index (χ2v) is 9.63. The molecule has 1 amide bonds. The second-order valence-electron chi connectivity index (χ2n) is 9.19. The standard InChI is InChI=1S/C29H28ClFN2O/c1-20(22-7-11-25(30)12-8-22)27(23-6-4-5-21(17-23)18-32)19-33-28(34)29(15-2-3-16-29)24-9-13-26(31)14-10-24/h4-14,17,20,27H,2-3,15-16,19H2,1H3,(H,33,34). The Labute approximate surface area is 205 Å². The SMILES string of the molecule is CC(c1ccc(Cl)cc1)C(CNC(=O)C1(c2ccc(F)cc2)CCCC1)c1cccc(C#N)c1. The van der Waals surface area contributed by atoms with E-state index in [1.165, 1.54) is 12.1 Å². The molecule has 5 heteroatoms. The molecule has 4 rings (SSSR count). The van der Waals surface area contributed by atoms with Crippen LogP contribution in [0.2, 0.25) is 5.02 Å². The molecule has 3 nitrogen and oxygen atoms in total. The fourth-order valence-electron chi connectivity index (χ4n) is 5.19. The van der Waals surface area contributed by atoms with Crippen molar-refractivity contribution >= 4 is 17.5 Å². The van der Waals surface area contributed by atoms with Gasteiger partial charge < -0.3 is 5.32 Å². The van der Waals surface area contributed by atoms with Crippen LogP contribution in [0.1, 0.15) is 66.7 Å². The minimum Gasteiger partial charge on any atom is -0.355 e. The molecule has 0 spiro atoms. The molecule has 2 atom stereocenters. The molecule has 0 heterocycles. The Morgan fingerprint density at radius 3 is 2.38 bits per heavy atom. The summed E-state index contributed by atoms with van der Waals surface area (Å²) in [5, 5.41) is 13.3. The minimum atomic E-state index is -0.629. The van der Waals surface area contributed by atoms with Gasteiger partial charge in [-0.1, -0.05) is 67.8 Å². The van der Waals surface area contributed by atoms with Gasteiger partial charge in [0.1, 0.15) is 5.82 Å². The molecule has 2 unspecified atom stereocenters. The van der Waals surface area contributed by atoms with Crippen molar-refractivity contribution in [3.8, 4) is 6.07 Å². The summed E-state index contributed by atoms with van der Waals surface area (Å²) in [5.41, 5.74) is 2.95. The molecule has 1 aliphatic rings. The van der Waals surface area contributed by atoms with Gasteiger partial charge in [-0.15, -0.1) is 0 Å². The van der Waals surface area contributed by atoms with Gasteiger partial charge >= 0.3 is 0 Å². The number of halogens is 2. The highest BCUT2D eigenvalue weighted by molar-refractivity contribution is 6.30. The predicted octanol–water partition coefficient (Wildman–Crippen LogP) is 6.87. The molecular weight excluding hydrogens is 447 g/mol. The number of nitrogens with one attached hydrogen (secondary N) is 1.